The number of Topliss-reactive ketones (excluding diaryl/α,β-unsaturated/α-hetero) is 3. The normalized spacial score (nSPS) is 40.4. The molecule has 13 nitrogen and oxygen atoms in total. The van der Waals surface area contributed by atoms with Crippen LogP contribution in [0.25, 0.3) is 0 Å². The number of alkyl halides is 1. The van der Waals surface area contributed by atoms with Crippen LogP contribution in [-0.4, -0.2) is 125 Å². The summed E-state index contributed by atoms with van der Waals surface area (Å²) in [5, 5.41) is 23.4. The molecule has 3 aliphatic heterocycles. The van der Waals surface area contributed by atoms with Crippen molar-refractivity contribution in [2.45, 2.75) is 178 Å². The fourth-order valence-electron chi connectivity index (χ4n) is 10.1. The average molecular weight is 1020 g/mol. The summed E-state index contributed by atoms with van der Waals surface area (Å²) in [4.78, 5) is 71.9. The Bertz CT molecular complexity index is 1760. The number of allylic oxidation sites excluding steroid dienone is 6. The molecule has 0 radical (unpaired) electrons. The number of ether oxygens (including phenoxy) is 5. The van der Waals surface area contributed by atoms with Gasteiger partial charge in [0.05, 0.1) is 18.3 Å². The standard InChI is InChI=1S/C51H78INO12/c1-30-16-12-11-13-17-31(2)42(61-8)28-38-21-19-36(7)51(60,65-38)48(57)49(58)53-23-15-14-18-40(53)50(59)64-43(33(4)26-37-20-22-39(52)44(27-37)62-9)29-41(54)32(3)25-35(6)46(56)47(63-10)45(55)34(5)24-30/h11-13,16-17,25,30,32-34,36-40,42-44,46-47,56,60H,14-15,18-24,26-29H2,1-10H3/b13-11+,16-12+,31-17+,35-25+/t30-,32-,33-,34-,36-,37+,38+,39-,40+,42+,43+,44-,46-,47+,51-/m1/s1. The molecular formula is C51H78INO12. The number of amides is 1. The van der Waals surface area contributed by atoms with Crippen LogP contribution in [0.2, 0.25) is 0 Å². The van der Waals surface area contributed by atoms with Gasteiger partial charge >= 0.3 is 5.97 Å². The summed E-state index contributed by atoms with van der Waals surface area (Å²) in [6, 6.07) is -1.11. The zero-order chi connectivity index (χ0) is 48.2. The summed E-state index contributed by atoms with van der Waals surface area (Å²) in [7, 11) is 4.70. The molecule has 0 aromatic carbocycles. The Kier molecular flexibility index (Phi) is 21.7. The number of carbonyl (C=O) groups is 5. The van der Waals surface area contributed by atoms with Crippen LogP contribution in [0, 0.1) is 35.5 Å². The van der Waals surface area contributed by atoms with Crippen molar-refractivity contribution in [2.24, 2.45) is 35.5 Å². The fraction of sp³-hybridized carbons (Fsp3) is 0.745. The first kappa shape index (κ1) is 55.0. The number of carbonyl (C=O) groups excluding carboxylic acids is 5. The van der Waals surface area contributed by atoms with E-state index in [9.17, 15) is 34.2 Å². The SMILES string of the molecule is CO[C@H]1C[C@@H]2CC[C@@H](C)[C@@](O)(O2)C(=O)C(=O)N2CCCC[C@H]2C(=O)O[C@H]([C@H](C)C[C@@H]2CC[C@@H](I)[C@H](OC)C2)CC(=O)[C@H](C)/C=C(\C)[C@@H](O)[C@@H](OC)C(=O)[C@H](C)C[C@H](C)/C=C/C=C/C=C/1C. The molecule has 0 unspecified atom stereocenters. The first-order valence-electron chi connectivity index (χ1n) is 23.9. The molecule has 1 aliphatic carbocycles. The van der Waals surface area contributed by atoms with E-state index in [4.69, 9.17) is 23.7 Å². The largest absolute Gasteiger partial charge is 0.460 e. The maximum absolute atomic E-state index is 14.4. The number of fused-ring (bicyclic) bond motifs is 3. The predicted octanol–water partition coefficient (Wildman–Crippen LogP) is 7.62. The highest BCUT2D eigenvalue weighted by Crippen LogP contribution is 2.38. The van der Waals surface area contributed by atoms with Gasteiger partial charge in [-0.3, -0.25) is 19.2 Å². The van der Waals surface area contributed by atoms with Crippen LogP contribution in [0.4, 0.5) is 0 Å². The van der Waals surface area contributed by atoms with E-state index >= 15 is 0 Å². The Morgan fingerprint density at radius 2 is 1.60 bits per heavy atom. The van der Waals surface area contributed by atoms with Gasteiger partial charge in [0, 0.05) is 62.4 Å². The third-order valence-electron chi connectivity index (χ3n) is 14.4. The van der Waals surface area contributed by atoms with Crippen LogP contribution < -0.4 is 0 Å². The first-order chi connectivity index (χ1) is 30.7. The molecular weight excluding hydrogens is 945 g/mol. The molecule has 4 aliphatic rings. The number of aliphatic hydroxyl groups is 2. The van der Waals surface area contributed by atoms with Crippen LogP contribution in [-0.2, 0) is 47.7 Å². The Labute approximate surface area is 401 Å². The van der Waals surface area contributed by atoms with Crippen molar-refractivity contribution in [3.05, 3.63) is 47.6 Å². The Morgan fingerprint density at radius 3 is 2.28 bits per heavy atom. The molecule has 3 fully saturated rings. The van der Waals surface area contributed by atoms with Crippen molar-refractivity contribution >= 4 is 51.8 Å². The molecule has 0 aromatic rings. The lowest BCUT2D eigenvalue weighted by atomic mass is 9.79. The number of esters is 1. The summed E-state index contributed by atoms with van der Waals surface area (Å²) in [5.41, 5.74) is 1.30. The number of rotatable bonds is 6. The summed E-state index contributed by atoms with van der Waals surface area (Å²) >= 11 is 2.43. The van der Waals surface area contributed by atoms with Gasteiger partial charge in [-0.25, -0.2) is 4.79 Å². The van der Waals surface area contributed by atoms with Crippen molar-refractivity contribution in [1.29, 1.82) is 0 Å². The van der Waals surface area contributed by atoms with Gasteiger partial charge < -0.3 is 38.8 Å². The molecule has 1 amide bonds. The molecule has 65 heavy (non-hydrogen) atoms. The first-order valence-corrected chi connectivity index (χ1v) is 25.1. The molecule has 0 spiro atoms. The smallest absolute Gasteiger partial charge is 0.329 e. The molecule has 2 saturated heterocycles. The number of hydrogen-bond donors (Lipinski definition) is 2. The van der Waals surface area contributed by atoms with E-state index in [2.05, 4.69) is 22.6 Å². The van der Waals surface area contributed by atoms with E-state index in [1.807, 2.05) is 58.1 Å². The van der Waals surface area contributed by atoms with Gasteiger partial charge in [-0.15, -0.1) is 0 Å². The number of piperidine rings is 1. The third-order valence-corrected chi connectivity index (χ3v) is 15.9. The number of aliphatic hydroxyl groups excluding tert-OH is 1. The number of hydrogen-bond acceptors (Lipinski definition) is 12. The van der Waals surface area contributed by atoms with Crippen molar-refractivity contribution < 1.29 is 57.9 Å². The maximum atomic E-state index is 14.4. The number of ketones is 3. The molecule has 0 aromatic heterocycles. The fourth-order valence-corrected chi connectivity index (χ4v) is 11.0. The van der Waals surface area contributed by atoms with Crippen molar-refractivity contribution in [3.8, 4) is 0 Å². The molecule has 15 atom stereocenters. The van der Waals surface area contributed by atoms with E-state index in [0.717, 1.165) is 24.8 Å². The molecule has 2 bridgehead atoms. The highest BCUT2D eigenvalue weighted by atomic mass is 127. The van der Waals surface area contributed by atoms with Gasteiger partial charge in [0.15, 0.2) is 5.78 Å². The quantitative estimate of drug-likeness (QED) is 0.0877. The van der Waals surface area contributed by atoms with Crippen LogP contribution in [0.3, 0.4) is 0 Å². The zero-order valence-corrected chi connectivity index (χ0v) is 42.7. The minimum Gasteiger partial charge on any atom is -0.460 e. The van der Waals surface area contributed by atoms with E-state index < -0.39 is 77.8 Å². The minimum absolute atomic E-state index is 0.0301. The van der Waals surface area contributed by atoms with Gasteiger partial charge in [0.2, 0.25) is 5.79 Å². The predicted molar refractivity (Wildman–Crippen MR) is 257 cm³/mol. The molecule has 1 saturated carbocycles. The lowest BCUT2D eigenvalue weighted by Crippen LogP contribution is -2.61. The second kappa shape index (κ2) is 25.7. The van der Waals surface area contributed by atoms with Gasteiger partial charge in [-0.1, -0.05) is 93.7 Å². The van der Waals surface area contributed by atoms with E-state index in [-0.39, 0.29) is 54.8 Å². The number of nitrogens with zero attached hydrogens (tertiary/aromatic N) is 1. The van der Waals surface area contributed by atoms with Gasteiger partial charge in [-0.2, -0.15) is 0 Å². The maximum Gasteiger partial charge on any atom is 0.329 e. The van der Waals surface area contributed by atoms with Crippen LogP contribution in [0.1, 0.15) is 126 Å². The van der Waals surface area contributed by atoms with Crippen molar-refractivity contribution in [3.63, 3.8) is 0 Å². The Morgan fingerprint density at radius 1 is 0.877 bits per heavy atom. The summed E-state index contributed by atoms with van der Waals surface area (Å²) in [6.45, 7) is 12.9. The number of methoxy groups -OCH3 is 3. The third kappa shape index (κ3) is 14.7. The monoisotopic (exact) mass is 1020 g/mol. The molecule has 3 heterocycles. The average Bonchev–Trinajstić information content (AvgIpc) is 3.28. The number of cyclic esters (lactones) is 1. The topological polar surface area (TPSA) is 175 Å². The Balaban J connectivity index is 1.70. The summed E-state index contributed by atoms with van der Waals surface area (Å²) in [6.07, 6.45) is 13.6. The molecule has 4 rings (SSSR count). The van der Waals surface area contributed by atoms with Crippen LogP contribution in [0.5, 0.6) is 0 Å². The van der Waals surface area contributed by atoms with Crippen molar-refractivity contribution in [1.82, 2.24) is 4.90 Å². The van der Waals surface area contributed by atoms with Gasteiger partial charge in [0.1, 0.15) is 30.1 Å². The van der Waals surface area contributed by atoms with Gasteiger partial charge in [-0.05, 0) is 107 Å². The molecule has 14 heteroatoms. The number of halogens is 1. The molecule has 2 N–H and O–H groups in total. The highest BCUT2D eigenvalue weighted by Gasteiger charge is 2.53. The van der Waals surface area contributed by atoms with E-state index in [1.165, 1.54) is 12.0 Å². The second-order valence-corrected chi connectivity index (χ2v) is 21.1. The Hall–Kier alpha value is -2.60. The lowest BCUT2D eigenvalue weighted by Gasteiger charge is -2.42. The van der Waals surface area contributed by atoms with Gasteiger partial charge in [0.25, 0.3) is 11.7 Å². The highest BCUT2D eigenvalue weighted by molar-refractivity contribution is 14.1. The second-order valence-electron chi connectivity index (χ2n) is 19.5. The van der Waals surface area contributed by atoms with Crippen molar-refractivity contribution in [2.75, 3.05) is 27.9 Å². The molecule has 366 valence electrons. The van der Waals surface area contributed by atoms with E-state index in [1.54, 1.807) is 41.1 Å². The van der Waals surface area contributed by atoms with E-state index in [0.29, 0.717) is 54.4 Å². The summed E-state index contributed by atoms with van der Waals surface area (Å²) < 4.78 is 30.1. The lowest BCUT2D eigenvalue weighted by molar-refractivity contribution is -0.265. The zero-order valence-electron chi connectivity index (χ0n) is 40.5. The minimum atomic E-state index is -2.41. The summed E-state index contributed by atoms with van der Waals surface area (Å²) in [5.74, 6) is -7.50. The van der Waals surface area contributed by atoms with Crippen LogP contribution >= 0.6 is 22.6 Å². The van der Waals surface area contributed by atoms with Crippen LogP contribution in [0.15, 0.2) is 47.6 Å².